The number of carbonyl (C=O) groups is 2. The Morgan fingerprint density at radius 2 is 1.79 bits per heavy atom. The van der Waals surface area contributed by atoms with Gasteiger partial charge in [0, 0.05) is 0 Å². The second kappa shape index (κ2) is 7.26. The fraction of sp³-hybridized carbons (Fsp3) is 0.778. The second-order valence-corrected chi connectivity index (χ2v) is 5.31. The van der Waals surface area contributed by atoms with Crippen molar-refractivity contribution < 1.29 is 32.1 Å². The third-order valence-corrected chi connectivity index (χ3v) is 2.01. The Labute approximate surface area is 112 Å². The molecule has 0 rings (SSSR count). The van der Waals surface area contributed by atoms with Crippen LogP contribution in [-0.4, -0.2) is 43.3 Å². The molecule has 10 heteroatoms. The molecule has 0 unspecified atom stereocenters. The van der Waals surface area contributed by atoms with E-state index in [4.69, 9.17) is 9.84 Å². The first-order valence-corrected chi connectivity index (χ1v) is 6.41. The molecule has 9 nitrogen and oxygen atoms in total. The number of carbonyl (C=O) groups excluding carboxylic acids is 1. The molecule has 112 valence electrons. The molecule has 2 atom stereocenters. The van der Waals surface area contributed by atoms with E-state index in [1.807, 2.05) is 5.48 Å². The molecule has 0 fully saturated rings. The minimum atomic E-state index is -3.17. The Morgan fingerprint density at radius 1 is 1.26 bits per heavy atom. The smallest absolute Gasteiger partial charge is 0.408 e. The first kappa shape index (κ1) is 17.6. The molecule has 3 N–H and O–H groups in total. The maximum absolute atomic E-state index is 11.4. The highest BCUT2D eigenvalue weighted by molar-refractivity contribution is 7.67. The Morgan fingerprint density at radius 3 is 2.16 bits per heavy atom. The SMILES string of the molecule is C[C@@H](NO[SH](=O)=O)[C@@H](NC(=O)OC(C)(C)C)C(=O)O. The number of ether oxygens (including phenoxy) is 1. The van der Waals surface area contributed by atoms with Crippen molar-refractivity contribution in [3.05, 3.63) is 0 Å². The number of thiol groups is 1. The largest absolute Gasteiger partial charge is 0.480 e. The first-order valence-electron chi connectivity index (χ1n) is 5.32. The quantitative estimate of drug-likeness (QED) is 0.377. The van der Waals surface area contributed by atoms with E-state index in [-0.39, 0.29) is 0 Å². The topological polar surface area (TPSA) is 131 Å². The normalized spacial score (nSPS) is 14.8. The van der Waals surface area contributed by atoms with E-state index in [9.17, 15) is 18.0 Å². The van der Waals surface area contributed by atoms with Gasteiger partial charge in [-0.3, -0.25) is 0 Å². The number of carboxylic acid groups (broad SMARTS) is 1. The first-order chi connectivity index (χ1) is 8.53. The summed E-state index contributed by atoms with van der Waals surface area (Å²) in [4.78, 5) is 22.4. The molecular formula is C9H18N2O7S. The van der Waals surface area contributed by atoms with Gasteiger partial charge in [-0.2, -0.15) is 9.76 Å². The number of hydrogen-bond donors (Lipinski definition) is 4. The van der Waals surface area contributed by atoms with Crippen LogP contribution in [0.15, 0.2) is 0 Å². The summed E-state index contributed by atoms with van der Waals surface area (Å²) >= 11 is 0. The maximum Gasteiger partial charge on any atom is 0.408 e. The van der Waals surface area contributed by atoms with Gasteiger partial charge in [-0.15, -0.1) is 0 Å². The van der Waals surface area contributed by atoms with Gasteiger partial charge >= 0.3 is 12.1 Å². The third-order valence-electron chi connectivity index (χ3n) is 1.75. The fourth-order valence-electron chi connectivity index (χ4n) is 1.03. The van der Waals surface area contributed by atoms with Gasteiger partial charge in [-0.25, -0.2) is 18.0 Å². The second-order valence-electron chi connectivity index (χ2n) is 4.68. The van der Waals surface area contributed by atoms with Crippen LogP contribution in [0.3, 0.4) is 0 Å². The van der Waals surface area contributed by atoms with Gasteiger partial charge in [0.15, 0.2) is 0 Å². The highest BCUT2D eigenvalue weighted by atomic mass is 32.2. The van der Waals surface area contributed by atoms with E-state index in [1.54, 1.807) is 20.8 Å². The zero-order valence-electron chi connectivity index (χ0n) is 11.0. The van der Waals surface area contributed by atoms with Crippen LogP contribution in [0.1, 0.15) is 27.7 Å². The van der Waals surface area contributed by atoms with Crippen molar-refractivity contribution in [2.24, 2.45) is 0 Å². The lowest BCUT2D eigenvalue weighted by Gasteiger charge is -2.24. The standard InChI is InChI=1S/C9H18N2O7S/c1-5(11-18-19(15)16)6(7(12)13)10-8(14)17-9(2,3)4/h5-6,11,19H,1-4H3,(H,10,14)(H,12,13)/t5-,6-/m1/s1. The van der Waals surface area contributed by atoms with Crippen molar-refractivity contribution in [3.63, 3.8) is 0 Å². The number of nitrogens with one attached hydrogen (secondary N) is 2. The van der Waals surface area contributed by atoms with Crippen LogP contribution in [0.5, 0.6) is 0 Å². The van der Waals surface area contributed by atoms with Gasteiger partial charge in [0.2, 0.25) is 0 Å². The zero-order valence-corrected chi connectivity index (χ0v) is 11.9. The summed E-state index contributed by atoms with van der Waals surface area (Å²) in [5.74, 6) is -1.37. The van der Waals surface area contributed by atoms with Crippen molar-refractivity contribution in [1.82, 2.24) is 10.8 Å². The zero-order chi connectivity index (χ0) is 15.2. The minimum absolute atomic E-state index is 0.779. The van der Waals surface area contributed by atoms with Crippen LogP contribution in [-0.2, 0) is 24.8 Å². The molecule has 0 spiro atoms. The molecule has 0 bridgehead atoms. The van der Waals surface area contributed by atoms with Crippen LogP contribution in [0.4, 0.5) is 4.79 Å². The summed E-state index contributed by atoms with van der Waals surface area (Å²) in [5, 5.41) is 11.0. The number of hydroxylamine groups is 1. The van der Waals surface area contributed by atoms with Crippen LogP contribution >= 0.6 is 0 Å². The van der Waals surface area contributed by atoms with Gasteiger partial charge in [-0.05, 0) is 27.7 Å². The van der Waals surface area contributed by atoms with Crippen molar-refractivity contribution >= 4 is 23.0 Å². The lowest BCUT2D eigenvalue weighted by atomic mass is 10.1. The lowest BCUT2D eigenvalue weighted by Crippen LogP contribution is -2.53. The number of carboxylic acids is 1. The molecular weight excluding hydrogens is 280 g/mol. The highest BCUT2D eigenvalue weighted by Crippen LogP contribution is 2.07. The Balaban J connectivity index is 4.57. The monoisotopic (exact) mass is 298 g/mol. The Hall–Kier alpha value is -1.39. The molecule has 0 aliphatic carbocycles. The van der Waals surface area contributed by atoms with Crippen molar-refractivity contribution in [2.75, 3.05) is 0 Å². The van der Waals surface area contributed by atoms with E-state index in [0.29, 0.717) is 0 Å². The summed E-state index contributed by atoms with van der Waals surface area (Å²) in [6, 6.07) is -2.40. The molecule has 0 saturated carbocycles. The molecule has 0 saturated heterocycles. The average molecular weight is 298 g/mol. The maximum atomic E-state index is 11.4. The molecule has 0 aliphatic heterocycles. The average Bonchev–Trinajstić information content (AvgIpc) is 2.19. The van der Waals surface area contributed by atoms with Gasteiger partial charge < -0.3 is 15.2 Å². The molecule has 1 amide bonds. The number of hydrogen-bond acceptors (Lipinski definition) is 7. The third kappa shape index (κ3) is 8.35. The van der Waals surface area contributed by atoms with Crippen molar-refractivity contribution in [2.45, 2.75) is 45.4 Å². The summed E-state index contributed by atoms with van der Waals surface area (Å²) in [6.45, 7) is 6.19. The summed E-state index contributed by atoms with van der Waals surface area (Å²) in [7, 11) is -3.17. The van der Waals surface area contributed by atoms with Crippen molar-refractivity contribution in [1.29, 1.82) is 0 Å². The summed E-state index contributed by atoms with van der Waals surface area (Å²) < 4.78 is 29.4. The van der Waals surface area contributed by atoms with Gasteiger partial charge in [0.25, 0.3) is 11.0 Å². The van der Waals surface area contributed by atoms with Crippen molar-refractivity contribution in [3.8, 4) is 0 Å². The lowest BCUT2D eigenvalue weighted by molar-refractivity contribution is -0.140. The number of rotatable bonds is 6. The molecule has 19 heavy (non-hydrogen) atoms. The molecule has 0 aromatic rings. The molecule has 0 heterocycles. The Kier molecular flexibility index (Phi) is 6.73. The van der Waals surface area contributed by atoms with Crippen LogP contribution in [0, 0.1) is 0 Å². The van der Waals surface area contributed by atoms with Crippen LogP contribution < -0.4 is 10.8 Å². The fourth-order valence-corrected chi connectivity index (χ4v) is 1.28. The molecule has 0 radical (unpaired) electrons. The number of aliphatic carboxylic acids is 1. The van der Waals surface area contributed by atoms with E-state index in [0.717, 1.165) is 0 Å². The predicted octanol–water partition coefficient (Wildman–Crippen LogP) is -0.600. The number of amides is 1. The van der Waals surface area contributed by atoms with E-state index >= 15 is 0 Å². The summed E-state index contributed by atoms with van der Waals surface area (Å²) in [6.07, 6.45) is -0.930. The summed E-state index contributed by atoms with van der Waals surface area (Å²) in [5.41, 5.74) is 1.21. The Bertz CT molecular complexity index is 394. The van der Waals surface area contributed by atoms with E-state index in [2.05, 4.69) is 9.60 Å². The van der Waals surface area contributed by atoms with Gasteiger partial charge in [0.05, 0.1) is 6.04 Å². The molecule has 0 aliphatic rings. The van der Waals surface area contributed by atoms with Crippen LogP contribution in [0.25, 0.3) is 0 Å². The van der Waals surface area contributed by atoms with E-state index in [1.165, 1.54) is 6.92 Å². The highest BCUT2D eigenvalue weighted by Gasteiger charge is 2.29. The molecule has 0 aromatic heterocycles. The van der Waals surface area contributed by atoms with Gasteiger partial charge in [0.1, 0.15) is 11.6 Å². The predicted molar refractivity (Wildman–Crippen MR) is 64.8 cm³/mol. The minimum Gasteiger partial charge on any atom is -0.480 e. The van der Waals surface area contributed by atoms with Crippen LogP contribution in [0.2, 0.25) is 0 Å². The molecule has 0 aromatic carbocycles. The van der Waals surface area contributed by atoms with E-state index < -0.39 is 40.7 Å². The van der Waals surface area contributed by atoms with Gasteiger partial charge in [-0.1, -0.05) is 0 Å². The number of alkyl carbamates (subject to hydrolysis) is 1.